The van der Waals surface area contributed by atoms with Crippen LogP contribution in [0.1, 0.15) is 43.4 Å². The van der Waals surface area contributed by atoms with Crippen molar-refractivity contribution in [1.82, 2.24) is 15.1 Å². The maximum absolute atomic E-state index is 12.5. The summed E-state index contributed by atoms with van der Waals surface area (Å²) in [5, 5.41) is 10.9. The Balaban J connectivity index is 1.55. The van der Waals surface area contributed by atoms with Crippen molar-refractivity contribution in [2.24, 2.45) is 0 Å². The van der Waals surface area contributed by atoms with Crippen LogP contribution in [0.3, 0.4) is 0 Å². The lowest BCUT2D eigenvalue weighted by Crippen LogP contribution is -2.42. The van der Waals surface area contributed by atoms with Gasteiger partial charge in [0.15, 0.2) is 0 Å². The minimum atomic E-state index is -0.650. The topological polar surface area (TPSA) is 76.0 Å². The smallest absolute Gasteiger partial charge is 0.314 e. The lowest BCUT2D eigenvalue weighted by molar-refractivity contribution is -0.136. The molecule has 1 saturated carbocycles. The number of rotatable bonds is 3. The molecule has 8 heteroatoms. The zero-order valence-electron chi connectivity index (χ0n) is 14.8. The lowest BCUT2D eigenvalue weighted by atomic mass is 9.95. The van der Waals surface area contributed by atoms with Gasteiger partial charge in [0.1, 0.15) is 5.82 Å². The van der Waals surface area contributed by atoms with Crippen LogP contribution in [0.15, 0.2) is 24.3 Å². The summed E-state index contributed by atoms with van der Waals surface area (Å²) in [6.07, 6.45) is 5.26. The van der Waals surface area contributed by atoms with Gasteiger partial charge in [0.2, 0.25) is 0 Å². The molecule has 4 rings (SSSR count). The molecule has 1 fully saturated rings. The summed E-state index contributed by atoms with van der Waals surface area (Å²) in [4.78, 5) is 24.9. The summed E-state index contributed by atoms with van der Waals surface area (Å²) in [5.74, 6) is 0.875. The quantitative estimate of drug-likeness (QED) is 0.765. The number of benzene rings is 1. The Morgan fingerprint density at radius 3 is 2.74 bits per heavy atom. The number of fused-ring (bicyclic) bond motifs is 1. The minimum Gasteiger partial charge on any atom is -0.345 e. The molecule has 0 unspecified atom stereocenters. The first-order valence-corrected chi connectivity index (χ1v) is 10.7. The van der Waals surface area contributed by atoms with Crippen molar-refractivity contribution in [3.05, 3.63) is 40.5 Å². The first kappa shape index (κ1) is 18.4. The Labute approximate surface area is 167 Å². The Morgan fingerprint density at radius 1 is 1.15 bits per heavy atom. The van der Waals surface area contributed by atoms with E-state index in [1.807, 2.05) is 12.1 Å². The third-order valence-corrected chi connectivity index (χ3v) is 6.19. The third-order valence-electron chi connectivity index (χ3n) is 4.98. The van der Waals surface area contributed by atoms with Crippen molar-refractivity contribution in [2.45, 2.75) is 49.7 Å². The third kappa shape index (κ3) is 3.99. The SMILES string of the molecule is O=C(Nc1c2c(nn1-c1cccc(Cl)c1)CSC2)C(=O)NC1CCCCC1. The number of halogens is 1. The van der Waals surface area contributed by atoms with Crippen molar-refractivity contribution in [1.29, 1.82) is 0 Å². The van der Waals surface area contributed by atoms with E-state index in [9.17, 15) is 9.59 Å². The molecule has 2 heterocycles. The highest BCUT2D eigenvalue weighted by Crippen LogP contribution is 2.36. The van der Waals surface area contributed by atoms with Crippen molar-refractivity contribution in [2.75, 3.05) is 5.32 Å². The van der Waals surface area contributed by atoms with Gasteiger partial charge in [-0.3, -0.25) is 9.59 Å². The van der Waals surface area contributed by atoms with Gasteiger partial charge in [-0.1, -0.05) is 36.9 Å². The first-order valence-electron chi connectivity index (χ1n) is 9.18. The normalized spacial score (nSPS) is 16.8. The molecule has 0 radical (unpaired) electrons. The Hall–Kier alpha value is -1.99. The molecule has 0 atom stereocenters. The number of nitrogens with one attached hydrogen (secondary N) is 2. The molecule has 0 spiro atoms. The molecule has 1 aromatic carbocycles. The zero-order chi connectivity index (χ0) is 18.8. The molecule has 2 aliphatic rings. The molecule has 1 aliphatic heterocycles. The van der Waals surface area contributed by atoms with Gasteiger partial charge in [-0.05, 0) is 31.0 Å². The fourth-order valence-electron chi connectivity index (χ4n) is 3.60. The molecule has 6 nitrogen and oxygen atoms in total. The lowest BCUT2D eigenvalue weighted by Gasteiger charge is -2.22. The second-order valence-electron chi connectivity index (χ2n) is 6.92. The first-order chi connectivity index (χ1) is 13.1. The Morgan fingerprint density at radius 2 is 1.96 bits per heavy atom. The summed E-state index contributed by atoms with van der Waals surface area (Å²) in [5.41, 5.74) is 2.66. The number of nitrogens with zero attached hydrogens (tertiary/aromatic N) is 2. The maximum Gasteiger partial charge on any atom is 0.314 e. The van der Waals surface area contributed by atoms with E-state index in [1.165, 1.54) is 6.42 Å². The molecule has 0 saturated heterocycles. The summed E-state index contributed by atoms with van der Waals surface area (Å²) in [7, 11) is 0. The Bertz CT molecular complexity index is 877. The summed E-state index contributed by atoms with van der Waals surface area (Å²) in [6.45, 7) is 0. The highest BCUT2D eigenvalue weighted by atomic mass is 35.5. The van der Waals surface area contributed by atoms with E-state index < -0.39 is 11.8 Å². The van der Waals surface area contributed by atoms with E-state index in [0.717, 1.165) is 54.1 Å². The highest BCUT2D eigenvalue weighted by Gasteiger charge is 2.27. The number of thioether (sulfide) groups is 1. The van der Waals surface area contributed by atoms with E-state index in [0.29, 0.717) is 10.8 Å². The van der Waals surface area contributed by atoms with Gasteiger partial charge in [-0.2, -0.15) is 16.9 Å². The molecular weight excluding hydrogens is 384 g/mol. The monoisotopic (exact) mass is 404 g/mol. The number of hydrogen-bond acceptors (Lipinski definition) is 4. The van der Waals surface area contributed by atoms with Gasteiger partial charge in [0.25, 0.3) is 0 Å². The van der Waals surface area contributed by atoms with Crippen LogP contribution in [-0.4, -0.2) is 27.6 Å². The van der Waals surface area contributed by atoms with Crippen molar-refractivity contribution >= 4 is 41.0 Å². The molecule has 142 valence electrons. The second kappa shape index (κ2) is 7.94. The highest BCUT2D eigenvalue weighted by molar-refractivity contribution is 7.98. The number of carbonyl (C=O) groups excluding carboxylic acids is 2. The van der Waals surface area contributed by atoms with Gasteiger partial charge in [-0.25, -0.2) is 4.68 Å². The predicted molar refractivity (Wildman–Crippen MR) is 107 cm³/mol. The van der Waals surface area contributed by atoms with Crippen molar-refractivity contribution < 1.29 is 9.59 Å². The van der Waals surface area contributed by atoms with Crippen LogP contribution in [0.25, 0.3) is 5.69 Å². The Kier molecular flexibility index (Phi) is 5.41. The second-order valence-corrected chi connectivity index (χ2v) is 8.34. The van der Waals surface area contributed by atoms with Crippen LogP contribution in [0.4, 0.5) is 5.82 Å². The molecule has 1 aliphatic carbocycles. The van der Waals surface area contributed by atoms with Gasteiger partial charge >= 0.3 is 11.8 Å². The molecule has 0 bridgehead atoms. The number of aromatic nitrogens is 2. The van der Waals surface area contributed by atoms with E-state index in [4.69, 9.17) is 11.6 Å². The molecule has 2 N–H and O–H groups in total. The number of amides is 2. The van der Waals surface area contributed by atoms with Gasteiger partial charge < -0.3 is 10.6 Å². The summed E-state index contributed by atoms with van der Waals surface area (Å²) in [6, 6.07) is 7.37. The van der Waals surface area contributed by atoms with E-state index in [-0.39, 0.29) is 6.04 Å². The van der Waals surface area contributed by atoms with Crippen LogP contribution < -0.4 is 10.6 Å². The molecule has 2 aromatic rings. The molecule has 1 aromatic heterocycles. The van der Waals surface area contributed by atoms with Gasteiger partial charge in [-0.15, -0.1) is 0 Å². The van der Waals surface area contributed by atoms with Crippen LogP contribution in [0, 0.1) is 0 Å². The van der Waals surface area contributed by atoms with Crippen molar-refractivity contribution in [3.63, 3.8) is 0 Å². The fourth-order valence-corrected chi connectivity index (χ4v) is 4.82. The minimum absolute atomic E-state index is 0.0936. The standard InChI is InChI=1S/C19H21ClN4O2S/c20-12-5-4-8-14(9-12)24-17(15-10-27-11-16(15)23-24)22-19(26)18(25)21-13-6-2-1-3-7-13/h4-5,8-9,13H,1-3,6-7,10-11H2,(H,21,25)(H,22,26). The molecular formula is C19H21ClN4O2S. The molecule has 2 amide bonds. The van der Waals surface area contributed by atoms with Gasteiger partial charge in [0, 0.05) is 28.1 Å². The predicted octanol–water partition coefficient (Wildman–Crippen LogP) is 3.66. The average Bonchev–Trinajstić information content (AvgIpc) is 3.25. The summed E-state index contributed by atoms with van der Waals surface area (Å²) < 4.78 is 1.67. The fraction of sp³-hybridized carbons (Fsp3) is 0.421. The zero-order valence-corrected chi connectivity index (χ0v) is 16.4. The van der Waals surface area contributed by atoms with Crippen LogP contribution >= 0.6 is 23.4 Å². The average molecular weight is 405 g/mol. The van der Waals surface area contributed by atoms with E-state index >= 15 is 0 Å². The summed E-state index contributed by atoms with van der Waals surface area (Å²) >= 11 is 7.85. The van der Waals surface area contributed by atoms with E-state index in [2.05, 4.69) is 15.7 Å². The van der Waals surface area contributed by atoms with Crippen LogP contribution in [-0.2, 0) is 21.1 Å². The van der Waals surface area contributed by atoms with E-state index in [1.54, 1.807) is 28.6 Å². The maximum atomic E-state index is 12.5. The van der Waals surface area contributed by atoms with Crippen LogP contribution in [0.5, 0.6) is 0 Å². The molecule has 27 heavy (non-hydrogen) atoms. The van der Waals surface area contributed by atoms with Gasteiger partial charge in [0.05, 0.1) is 11.4 Å². The van der Waals surface area contributed by atoms with Crippen LogP contribution in [0.2, 0.25) is 5.02 Å². The largest absolute Gasteiger partial charge is 0.345 e. The number of hydrogen-bond donors (Lipinski definition) is 2. The van der Waals surface area contributed by atoms with Crippen molar-refractivity contribution in [3.8, 4) is 5.69 Å². The number of carbonyl (C=O) groups is 2. The number of anilines is 1.